The van der Waals surface area contributed by atoms with Gasteiger partial charge in [-0.1, -0.05) is 6.42 Å². The Bertz CT molecular complexity index is 414. The summed E-state index contributed by atoms with van der Waals surface area (Å²) in [4.78, 5) is 16.0. The molecule has 1 aromatic heterocycles. The molecule has 17 heavy (non-hydrogen) atoms. The lowest BCUT2D eigenvalue weighted by Gasteiger charge is -2.22. The summed E-state index contributed by atoms with van der Waals surface area (Å²) in [5, 5.41) is 15.4. The molecule has 5 heteroatoms. The molecule has 1 aromatic rings. The second-order valence-electron chi connectivity index (χ2n) is 4.31. The highest BCUT2D eigenvalue weighted by molar-refractivity contribution is 5.95. The van der Waals surface area contributed by atoms with Crippen LogP contribution in [0, 0.1) is 6.92 Å². The zero-order chi connectivity index (χ0) is 12.3. The van der Waals surface area contributed by atoms with Gasteiger partial charge in [-0.15, -0.1) is 0 Å². The lowest BCUT2D eigenvalue weighted by Crippen LogP contribution is -2.43. The van der Waals surface area contributed by atoms with Gasteiger partial charge in [0, 0.05) is 5.69 Å². The fourth-order valence-electron chi connectivity index (χ4n) is 1.92. The Morgan fingerprint density at radius 3 is 3.06 bits per heavy atom. The number of hydrogen-bond donors (Lipinski definition) is 3. The van der Waals surface area contributed by atoms with Crippen molar-refractivity contribution < 1.29 is 9.90 Å². The molecule has 92 valence electrons. The summed E-state index contributed by atoms with van der Waals surface area (Å²) in [6.07, 6.45) is 2.99. The Morgan fingerprint density at radius 2 is 2.35 bits per heavy atom. The fraction of sp³-hybridized carbons (Fsp3) is 0.500. The van der Waals surface area contributed by atoms with Crippen molar-refractivity contribution in [1.82, 2.24) is 10.3 Å². The van der Waals surface area contributed by atoms with Crippen LogP contribution in [0.5, 0.6) is 5.75 Å². The van der Waals surface area contributed by atoms with E-state index < -0.39 is 0 Å². The van der Waals surface area contributed by atoms with Crippen LogP contribution in [0.1, 0.15) is 25.0 Å². The molecule has 1 amide bonds. The van der Waals surface area contributed by atoms with E-state index in [1.165, 1.54) is 6.07 Å². The maximum Gasteiger partial charge on any atom is 0.242 e. The van der Waals surface area contributed by atoms with Gasteiger partial charge in [0.1, 0.15) is 0 Å². The van der Waals surface area contributed by atoms with Gasteiger partial charge in [-0.2, -0.15) is 0 Å². The molecule has 1 unspecified atom stereocenters. The number of nitrogens with zero attached hydrogens (tertiary/aromatic N) is 1. The number of hydrogen-bond acceptors (Lipinski definition) is 4. The number of piperidine rings is 1. The smallest absolute Gasteiger partial charge is 0.242 e. The van der Waals surface area contributed by atoms with Crippen molar-refractivity contribution >= 4 is 11.7 Å². The molecule has 5 nitrogen and oxygen atoms in total. The lowest BCUT2D eigenvalue weighted by atomic mass is 10.0. The molecule has 0 radical (unpaired) electrons. The molecule has 1 fully saturated rings. The summed E-state index contributed by atoms with van der Waals surface area (Å²) in [5.41, 5.74) is 0.759. The number of anilines is 1. The SMILES string of the molecule is Cc1ccc(O)c(NC(=O)C2CCCCN2)n1. The van der Waals surface area contributed by atoms with Crippen molar-refractivity contribution in [3.05, 3.63) is 17.8 Å². The second-order valence-corrected chi connectivity index (χ2v) is 4.31. The number of rotatable bonds is 2. The van der Waals surface area contributed by atoms with Crippen molar-refractivity contribution in [3.63, 3.8) is 0 Å². The quantitative estimate of drug-likeness (QED) is 0.719. The molecule has 2 heterocycles. The Labute approximate surface area is 100 Å². The fourth-order valence-corrected chi connectivity index (χ4v) is 1.92. The number of amides is 1. The average molecular weight is 235 g/mol. The van der Waals surface area contributed by atoms with Gasteiger partial charge in [-0.3, -0.25) is 4.79 Å². The van der Waals surface area contributed by atoms with Gasteiger partial charge in [0.05, 0.1) is 6.04 Å². The van der Waals surface area contributed by atoms with E-state index in [1.807, 2.05) is 6.92 Å². The van der Waals surface area contributed by atoms with Crippen molar-refractivity contribution in [2.75, 3.05) is 11.9 Å². The van der Waals surface area contributed by atoms with Crippen molar-refractivity contribution in [2.24, 2.45) is 0 Å². The van der Waals surface area contributed by atoms with Crippen LogP contribution in [0.3, 0.4) is 0 Å². The minimum Gasteiger partial charge on any atom is -0.504 e. The Kier molecular flexibility index (Phi) is 3.58. The lowest BCUT2D eigenvalue weighted by molar-refractivity contribution is -0.118. The zero-order valence-corrected chi connectivity index (χ0v) is 9.86. The third-order valence-electron chi connectivity index (χ3n) is 2.88. The summed E-state index contributed by atoms with van der Waals surface area (Å²) < 4.78 is 0. The maximum absolute atomic E-state index is 11.9. The number of aryl methyl sites for hydroxylation is 1. The standard InChI is InChI=1S/C12H17N3O2/c1-8-5-6-10(16)11(14-8)15-12(17)9-4-2-3-7-13-9/h5-6,9,13,16H,2-4,7H2,1H3,(H,14,15,17). The van der Waals surface area contributed by atoms with Gasteiger partial charge < -0.3 is 15.7 Å². The van der Waals surface area contributed by atoms with Gasteiger partial charge in [0.25, 0.3) is 0 Å². The van der Waals surface area contributed by atoms with Crippen LogP contribution >= 0.6 is 0 Å². The number of pyridine rings is 1. The number of nitrogens with one attached hydrogen (secondary N) is 2. The molecular formula is C12H17N3O2. The van der Waals surface area contributed by atoms with E-state index in [9.17, 15) is 9.90 Å². The second kappa shape index (κ2) is 5.14. The monoisotopic (exact) mass is 235 g/mol. The van der Waals surface area contributed by atoms with Crippen molar-refractivity contribution in [3.8, 4) is 5.75 Å². The highest BCUT2D eigenvalue weighted by atomic mass is 16.3. The van der Waals surface area contributed by atoms with E-state index in [0.29, 0.717) is 0 Å². The highest BCUT2D eigenvalue weighted by Gasteiger charge is 2.21. The molecule has 0 aromatic carbocycles. The van der Waals surface area contributed by atoms with Crippen LogP contribution in [0.2, 0.25) is 0 Å². The Hall–Kier alpha value is -1.62. The third-order valence-corrected chi connectivity index (χ3v) is 2.88. The molecule has 1 atom stereocenters. The van der Waals surface area contributed by atoms with E-state index in [4.69, 9.17) is 0 Å². The van der Waals surface area contributed by atoms with E-state index in [-0.39, 0.29) is 23.5 Å². The van der Waals surface area contributed by atoms with Crippen molar-refractivity contribution in [2.45, 2.75) is 32.2 Å². The number of carbonyl (C=O) groups is 1. The van der Waals surface area contributed by atoms with Crippen LogP contribution in [0.15, 0.2) is 12.1 Å². The Morgan fingerprint density at radius 1 is 1.53 bits per heavy atom. The van der Waals surface area contributed by atoms with E-state index in [2.05, 4.69) is 15.6 Å². The molecule has 0 bridgehead atoms. The molecule has 2 rings (SSSR count). The van der Waals surface area contributed by atoms with Crippen LogP contribution in [-0.4, -0.2) is 28.6 Å². The summed E-state index contributed by atoms with van der Waals surface area (Å²) in [7, 11) is 0. The zero-order valence-electron chi connectivity index (χ0n) is 9.86. The predicted molar refractivity (Wildman–Crippen MR) is 64.9 cm³/mol. The van der Waals surface area contributed by atoms with Gasteiger partial charge in [-0.05, 0) is 38.4 Å². The van der Waals surface area contributed by atoms with Crippen LogP contribution in [0.4, 0.5) is 5.82 Å². The minimum atomic E-state index is -0.175. The number of aromatic hydroxyl groups is 1. The first-order valence-electron chi connectivity index (χ1n) is 5.87. The van der Waals surface area contributed by atoms with Crippen LogP contribution < -0.4 is 10.6 Å². The molecule has 3 N–H and O–H groups in total. The van der Waals surface area contributed by atoms with Gasteiger partial charge in [0.15, 0.2) is 11.6 Å². The van der Waals surface area contributed by atoms with Crippen LogP contribution in [0.25, 0.3) is 0 Å². The van der Waals surface area contributed by atoms with Gasteiger partial charge in [-0.25, -0.2) is 4.98 Å². The first-order valence-corrected chi connectivity index (χ1v) is 5.87. The summed E-state index contributed by atoms with van der Waals surface area (Å²) >= 11 is 0. The summed E-state index contributed by atoms with van der Waals surface area (Å²) in [6, 6.07) is 3.06. The topological polar surface area (TPSA) is 74.2 Å². The molecule has 0 saturated carbocycles. The van der Waals surface area contributed by atoms with E-state index in [1.54, 1.807) is 6.07 Å². The molecular weight excluding hydrogens is 218 g/mol. The molecule has 1 saturated heterocycles. The normalized spacial score (nSPS) is 19.9. The predicted octanol–water partition coefficient (Wildman–Crippen LogP) is 1.18. The number of carbonyl (C=O) groups excluding carboxylic acids is 1. The molecule has 0 aliphatic carbocycles. The van der Waals surface area contributed by atoms with E-state index >= 15 is 0 Å². The number of aromatic nitrogens is 1. The minimum absolute atomic E-state index is 0.000223. The largest absolute Gasteiger partial charge is 0.504 e. The van der Waals surface area contributed by atoms with Crippen molar-refractivity contribution in [1.29, 1.82) is 0 Å². The third kappa shape index (κ3) is 2.94. The highest BCUT2D eigenvalue weighted by Crippen LogP contribution is 2.20. The first kappa shape index (κ1) is 11.9. The summed E-state index contributed by atoms with van der Waals surface area (Å²) in [5.74, 6) is 0.111. The van der Waals surface area contributed by atoms with Crippen LogP contribution in [-0.2, 0) is 4.79 Å². The van der Waals surface area contributed by atoms with Gasteiger partial charge in [0.2, 0.25) is 5.91 Å². The van der Waals surface area contributed by atoms with E-state index in [0.717, 1.165) is 31.5 Å². The van der Waals surface area contributed by atoms with Gasteiger partial charge >= 0.3 is 0 Å². The molecule has 1 aliphatic rings. The summed E-state index contributed by atoms with van der Waals surface area (Å²) in [6.45, 7) is 2.68. The molecule has 0 spiro atoms. The first-order chi connectivity index (χ1) is 8.16. The molecule has 1 aliphatic heterocycles. The Balaban J connectivity index is 2.04. The average Bonchev–Trinajstić information content (AvgIpc) is 2.35. The maximum atomic E-state index is 11.9.